The quantitative estimate of drug-likeness (QED) is 0.859. The molecule has 108 valence electrons. The lowest BCUT2D eigenvalue weighted by molar-refractivity contribution is 0.394. The van der Waals surface area contributed by atoms with Crippen LogP contribution in [0.1, 0.15) is 51.3 Å². The van der Waals surface area contributed by atoms with Crippen molar-refractivity contribution < 1.29 is 4.74 Å². The van der Waals surface area contributed by atoms with Crippen molar-refractivity contribution >= 4 is 0 Å². The van der Waals surface area contributed by atoms with Gasteiger partial charge in [-0.15, -0.1) is 0 Å². The predicted molar refractivity (Wildman–Crippen MR) is 81.8 cm³/mol. The molecule has 19 heavy (non-hydrogen) atoms. The Labute approximate surface area is 117 Å². The fourth-order valence-electron chi connectivity index (χ4n) is 2.25. The fourth-order valence-corrected chi connectivity index (χ4v) is 2.25. The molecular formula is C16H28N2O. The van der Waals surface area contributed by atoms with E-state index in [1.54, 1.807) is 7.11 Å². The van der Waals surface area contributed by atoms with Crippen LogP contribution >= 0.6 is 0 Å². The molecule has 1 aromatic rings. The second-order valence-electron chi connectivity index (χ2n) is 6.26. The maximum absolute atomic E-state index is 5.94. The third-order valence-electron chi connectivity index (χ3n) is 3.43. The van der Waals surface area contributed by atoms with Gasteiger partial charge < -0.3 is 15.8 Å². The second-order valence-corrected chi connectivity index (χ2v) is 6.26. The molecule has 0 aliphatic heterocycles. The predicted octanol–water partition coefficient (Wildman–Crippen LogP) is 2.99. The maximum Gasteiger partial charge on any atom is 0.123 e. The number of ether oxygens (including phenoxy) is 1. The normalized spacial score (nSPS) is 15.1. The van der Waals surface area contributed by atoms with Gasteiger partial charge in [-0.25, -0.2) is 0 Å². The minimum absolute atomic E-state index is 0.133. The van der Waals surface area contributed by atoms with Crippen molar-refractivity contribution in [3.8, 4) is 5.75 Å². The zero-order valence-corrected chi connectivity index (χ0v) is 13.1. The highest BCUT2D eigenvalue weighted by atomic mass is 16.5. The van der Waals surface area contributed by atoms with Crippen LogP contribution in [0, 0.1) is 0 Å². The highest BCUT2D eigenvalue weighted by Crippen LogP contribution is 2.32. The topological polar surface area (TPSA) is 47.3 Å². The Bertz CT molecular complexity index is 408. The summed E-state index contributed by atoms with van der Waals surface area (Å²) in [6, 6.07) is 6.81. The summed E-state index contributed by atoms with van der Waals surface area (Å²) in [5.41, 5.74) is 8.58. The molecule has 2 unspecified atom stereocenters. The molecule has 3 heteroatoms. The molecule has 0 spiro atoms. The molecule has 0 aromatic heterocycles. The van der Waals surface area contributed by atoms with E-state index in [2.05, 4.69) is 44.3 Å². The van der Waals surface area contributed by atoms with Gasteiger partial charge in [0.05, 0.1) is 7.11 Å². The molecule has 1 rings (SSSR count). The number of methoxy groups -OCH3 is 1. The van der Waals surface area contributed by atoms with E-state index in [0.29, 0.717) is 0 Å². The lowest BCUT2D eigenvalue weighted by atomic mass is 9.84. The Morgan fingerprint density at radius 3 is 2.37 bits per heavy atom. The third kappa shape index (κ3) is 4.22. The first-order valence-electron chi connectivity index (χ1n) is 6.90. The van der Waals surface area contributed by atoms with Crippen molar-refractivity contribution in [2.24, 2.45) is 5.73 Å². The number of nitrogens with one attached hydrogen (secondary N) is 1. The van der Waals surface area contributed by atoms with Crippen molar-refractivity contribution in [3.63, 3.8) is 0 Å². The van der Waals surface area contributed by atoms with Crippen LogP contribution < -0.4 is 15.8 Å². The second kappa shape index (κ2) is 6.40. The van der Waals surface area contributed by atoms with Crippen molar-refractivity contribution in [3.05, 3.63) is 29.3 Å². The highest BCUT2D eigenvalue weighted by Gasteiger charge is 2.20. The molecule has 0 aliphatic rings. The van der Waals surface area contributed by atoms with Gasteiger partial charge in [0.2, 0.25) is 0 Å². The van der Waals surface area contributed by atoms with Gasteiger partial charge in [0.1, 0.15) is 5.75 Å². The van der Waals surface area contributed by atoms with Crippen LogP contribution in [0.25, 0.3) is 0 Å². The monoisotopic (exact) mass is 264 g/mol. The molecule has 0 fully saturated rings. The summed E-state index contributed by atoms with van der Waals surface area (Å²) in [5.74, 6) is 0.924. The van der Waals surface area contributed by atoms with Crippen LogP contribution in [0.4, 0.5) is 0 Å². The van der Waals surface area contributed by atoms with E-state index < -0.39 is 0 Å². The zero-order valence-electron chi connectivity index (χ0n) is 13.1. The van der Waals surface area contributed by atoms with Gasteiger partial charge in [0, 0.05) is 17.6 Å². The van der Waals surface area contributed by atoms with E-state index >= 15 is 0 Å². The molecular weight excluding hydrogens is 236 g/mol. The number of hydrogen-bond acceptors (Lipinski definition) is 3. The first kappa shape index (κ1) is 16.0. The van der Waals surface area contributed by atoms with Crippen LogP contribution in [-0.4, -0.2) is 20.2 Å². The Hall–Kier alpha value is -1.06. The van der Waals surface area contributed by atoms with E-state index in [1.165, 1.54) is 11.1 Å². The highest BCUT2D eigenvalue weighted by molar-refractivity contribution is 5.41. The Morgan fingerprint density at radius 2 is 1.95 bits per heavy atom. The summed E-state index contributed by atoms with van der Waals surface area (Å²) in [4.78, 5) is 0. The molecule has 0 bridgehead atoms. The van der Waals surface area contributed by atoms with Gasteiger partial charge in [-0.1, -0.05) is 26.8 Å². The zero-order chi connectivity index (χ0) is 14.6. The molecule has 0 aliphatic carbocycles. The molecule has 0 saturated carbocycles. The molecule has 1 aromatic carbocycles. The largest absolute Gasteiger partial charge is 0.496 e. The number of benzene rings is 1. The number of rotatable bonds is 5. The smallest absolute Gasteiger partial charge is 0.123 e. The maximum atomic E-state index is 5.94. The van der Waals surface area contributed by atoms with E-state index in [-0.39, 0.29) is 17.5 Å². The first-order valence-corrected chi connectivity index (χ1v) is 6.90. The summed E-state index contributed by atoms with van der Waals surface area (Å²) in [6.07, 6.45) is 0.889. The summed E-state index contributed by atoms with van der Waals surface area (Å²) >= 11 is 0. The summed E-state index contributed by atoms with van der Waals surface area (Å²) in [7, 11) is 3.68. The van der Waals surface area contributed by atoms with Crippen molar-refractivity contribution in [1.29, 1.82) is 0 Å². The molecule has 0 heterocycles. The van der Waals surface area contributed by atoms with Crippen molar-refractivity contribution in [1.82, 2.24) is 5.32 Å². The average molecular weight is 264 g/mol. The van der Waals surface area contributed by atoms with Crippen LogP contribution in [-0.2, 0) is 5.41 Å². The molecule has 0 radical (unpaired) electrons. The number of hydrogen-bond donors (Lipinski definition) is 2. The van der Waals surface area contributed by atoms with Gasteiger partial charge in [-0.05, 0) is 43.5 Å². The molecule has 3 N–H and O–H groups in total. The van der Waals surface area contributed by atoms with E-state index in [0.717, 1.165) is 12.2 Å². The Balaban J connectivity index is 3.21. The van der Waals surface area contributed by atoms with Crippen LogP contribution in [0.3, 0.4) is 0 Å². The van der Waals surface area contributed by atoms with Crippen LogP contribution in [0.15, 0.2) is 18.2 Å². The summed E-state index contributed by atoms with van der Waals surface area (Å²) in [5, 5.41) is 3.34. The van der Waals surface area contributed by atoms with E-state index in [1.807, 2.05) is 14.0 Å². The van der Waals surface area contributed by atoms with Gasteiger partial charge >= 0.3 is 0 Å². The minimum atomic E-state index is 0.133. The lowest BCUT2D eigenvalue weighted by Crippen LogP contribution is -2.26. The fraction of sp³-hybridized carbons (Fsp3) is 0.625. The first-order chi connectivity index (χ1) is 8.79. The van der Waals surface area contributed by atoms with Gasteiger partial charge in [-0.3, -0.25) is 0 Å². The molecule has 0 saturated heterocycles. The van der Waals surface area contributed by atoms with Gasteiger partial charge in [0.25, 0.3) is 0 Å². The van der Waals surface area contributed by atoms with Crippen LogP contribution in [0.2, 0.25) is 0 Å². The van der Waals surface area contributed by atoms with E-state index in [9.17, 15) is 0 Å². The minimum Gasteiger partial charge on any atom is -0.496 e. The SMILES string of the molecule is CNC(CC(C)N)c1cc(C(C)(C)C)ccc1OC. The van der Waals surface area contributed by atoms with Gasteiger partial charge in [-0.2, -0.15) is 0 Å². The lowest BCUT2D eigenvalue weighted by Gasteiger charge is -2.25. The molecule has 3 nitrogen and oxygen atoms in total. The Morgan fingerprint density at radius 1 is 1.32 bits per heavy atom. The summed E-state index contributed by atoms with van der Waals surface area (Å²) < 4.78 is 5.50. The van der Waals surface area contributed by atoms with Crippen molar-refractivity contribution in [2.75, 3.05) is 14.2 Å². The molecule has 0 amide bonds. The third-order valence-corrected chi connectivity index (χ3v) is 3.43. The Kier molecular flexibility index (Phi) is 5.39. The van der Waals surface area contributed by atoms with E-state index in [4.69, 9.17) is 10.5 Å². The standard InChI is InChI=1S/C16H28N2O/c1-11(17)9-14(18-5)13-10-12(16(2,3)4)7-8-15(13)19-6/h7-8,10-11,14,18H,9,17H2,1-6H3. The number of nitrogens with two attached hydrogens (primary N) is 1. The van der Waals surface area contributed by atoms with Crippen molar-refractivity contribution in [2.45, 2.75) is 51.6 Å². The van der Waals surface area contributed by atoms with Gasteiger partial charge in [0.15, 0.2) is 0 Å². The average Bonchev–Trinajstić information content (AvgIpc) is 2.33. The van der Waals surface area contributed by atoms with Crippen LogP contribution in [0.5, 0.6) is 5.75 Å². The molecule has 2 atom stereocenters. The summed E-state index contributed by atoms with van der Waals surface area (Å²) in [6.45, 7) is 8.69.